The molecule has 0 radical (unpaired) electrons. The second kappa shape index (κ2) is 12.4. The van der Waals surface area contributed by atoms with Crippen molar-refractivity contribution in [2.24, 2.45) is 0 Å². The van der Waals surface area contributed by atoms with Crippen LogP contribution in [-0.4, -0.2) is 14.4 Å². The first-order chi connectivity index (χ1) is 17.1. The summed E-state index contributed by atoms with van der Waals surface area (Å²) in [7, 11) is 0.615. The molecule has 0 saturated heterocycles. The van der Waals surface area contributed by atoms with E-state index in [1.54, 1.807) is 55.6 Å². The van der Waals surface area contributed by atoms with Gasteiger partial charge in [-0.25, -0.2) is 0 Å². The Morgan fingerprint density at radius 1 is 0.514 bits per heavy atom. The topological polar surface area (TPSA) is 46.2 Å². The summed E-state index contributed by atoms with van der Waals surface area (Å²) in [5, 5.41) is 1.22. The molecule has 0 amide bonds. The van der Waals surface area contributed by atoms with Crippen LogP contribution in [0.5, 0.6) is 23.0 Å². The smallest absolute Gasteiger partial charge is 0.497 e. The summed E-state index contributed by atoms with van der Waals surface area (Å²) in [6, 6.07) is 29.3. The van der Waals surface area contributed by atoms with E-state index in [2.05, 4.69) is 0 Å². The summed E-state index contributed by atoms with van der Waals surface area (Å²) in [5.74, 6) is 2.51. The van der Waals surface area contributed by atoms with Gasteiger partial charge in [0, 0.05) is 10.0 Å². The van der Waals surface area contributed by atoms with Crippen LogP contribution in [0.25, 0.3) is 0 Å². The predicted molar refractivity (Wildman–Crippen MR) is 138 cm³/mol. The van der Waals surface area contributed by atoms with E-state index >= 15 is 0 Å². The molecule has 4 aromatic carbocycles. The minimum absolute atomic E-state index is 0.471. The van der Waals surface area contributed by atoms with E-state index < -0.39 is 7.32 Å². The van der Waals surface area contributed by atoms with Gasteiger partial charge in [-0.1, -0.05) is 47.5 Å². The Balaban J connectivity index is 1.36. The number of rotatable bonds is 11. The Morgan fingerprint density at radius 3 is 1.23 bits per heavy atom. The quantitative estimate of drug-likeness (QED) is 0.200. The lowest BCUT2D eigenvalue weighted by molar-refractivity contribution is 0.107. The Labute approximate surface area is 215 Å². The van der Waals surface area contributed by atoms with Crippen molar-refractivity contribution < 1.29 is 23.4 Å². The minimum atomic E-state index is -1.03. The summed E-state index contributed by atoms with van der Waals surface area (Å²) in [4.78, 5) is 0. The normalized spacial score (nSPS) is 10.5. The highest BCUT2D eigenvalue weighted by atomic mass is 35.5. The molecule has 178 valence electrons. The van der Waals surface area contributed by atoms with Gasteiger partial charge in [-0.3, -0.25) is 0 Å². The number of benzene rings is 4. The summed E-state index contributed by atoms with van der Waals surface area (Å²) >= 11 is 11.9. The van der Waals surface area contributed by atoms with Gasteiger partial charge >= 0.3 is 7.32 Å². The van der Waals surface area contributed by atoms with Crippen LogP contribution in [0.15, 0.2) is 97.1 Å². The second-order valence-corrected chi connectivity index (χ2v) is 8.41. The monoisotopic (exact) mass is 508 g/mol. The third-order valence-electron chi connectivity index (χ3n) is 4.94. The highest BCUT2D eigenvalue weighted by Gasteiger charge is 2.30. The van der Waals surface area contributed by atoms with Gasteiger partial charge in [0.15, 0.2) is 0 Å². The first-order valence-electron chi connectivity index (χ1n) is 10.9. The zero-order valence-electron chi connectivity index (χ0n) is 19.0. The molecule has 5 nitrogen and oxygen atoms in total. The highest BCUT2D eigenvalue weighted by molar-refractivity contribution is 6.39. The summed E-state index contributed by atoms with van der Waals surface area (Å²) in [6.45, 7) is 0.979. The molecule has 4 rings (SSSR count). The molecular formula is C27H23BCl2O5. The lowest BCUT2D eigenvalue weighted by Crippen LogP contribution is -2.36. The highest BCUT2D eigenvalue weighted by Crippen LogP contribution is 2.22. The van der Waals surface area contributed by atoms with Crippen molar-refractivity contribution >= 4 is 30.5 Å². The van der Waals surface area contributed by atoms with Crippen molar-refractivity contribution in [1.82, 2.24) is 0 Å². The number of halogens is 2. The number of ether oxygens (including phenoxy) is 2. The SMILES string of the molecule is COc1ccc(COCc2ccc(OB(Oc3ccc(Cl)cc3)Oc3ccc(Cl)cc3)cc2)cc1. The largest absolute Gasteiger partial charge is 0.864 e. The maximum Gasteiger partial charge on any atom is 0.864 e. The lowest BCUT2D eigenvalue weighted by Gasteiger charge is -2.17. The Kier molecular flexibility index (Phi) is 8.79. The third kappa shape index (κ3) is 7.86. The molecule has 0 spiro atoms. The average Bonchev–Trinajstić information content (AvgIpc) is 2.88. The number of methoxy groups -OCH3 is 1. The fourth-order valence-electron chi connectivity index (χ4n) is 3.10. The van der Waals surface area contributed by atoms with Gasteiger partial charge in [0.1, 0.15) is 23.0 Å². The second-order valence-electron chi connectivity index (χ2n) is 7.53. The number of hydrogen-bond acceptors (Lipinski definition) is 5. The van der Waals surface area contributed by atoms with Crippen LogP contribution in [0.4, 0.5) is 0 Å². The van der Waals surface area contributed by atoms with E-state index in [1.165, 1.54) is 0 Å². The van der Waals surface area contributed by atoms with Crippen LogP contribution in [0.1, 0.15) is 11.1 Å². The molecule has 0 atom stereocenters. The molecule has 0 N–H and O–H groups in total. The van der Waals surface area contributed by atoms with Crippen molar-refractivity contribution in [3.05, 3.63) is 118 Å². The van der Waals surface area contributed by atoms with Crippen LogP contribution in [0.2, 0.25) is 10.0 Å². The maximum absolute atomic E-state index is 5.97. The molecule has 0 aliphatic carbocycles. The van der Waals surface area contributed by atoms with Gasteiger partial charge in [-0.2, -0.15) is 0 Å². The Hall–Kier alpha value is -3.32. The van der Waals surface area contributed by atoms with Gasteiger partial charge in [0.2, 0.25) is 0 Å². The van der Waals surface area contributed by atoms with Gasteiger partial charge in [-0.15, -0.1) is 0 Å². The summed E-state index contributed by atoms with van der Waals surface area (Å²) < 4.78 is 28.8. The lowest BCUT2D eigenvalue weighted by atomic mass is 10.1. The molecule has 0 aromatic heterocycles. The molecule has 0 fully saturated rings. The molecule has 0 heterocycles. The average molecular weight is 509 g/mol. The van der Waals surface area contributed by atoms with Gasteiger partial charge in [-0.05, 0) is 83.9 Å². The summed E-state index contributed by atoms with van der Waals surface area (Å²) in [6.07, 6.45) is 0. The van der Waals surface area contributed by atoms with Crippen molar-refractivity contribution in [3.8, 4) is 23.0 Å². The molecular weight excluding hydrogens is 486 g/mol. The van der Waals surface area contributed by atoms with Crippen LogP contribution >= 0.6 is 23.2 Å². The number of hydrogen-bond donors (Lipinski definition) is 0. The van der Waals surface area contributed by atoms with Crippen LogP contribution in [-0.2, 0) is 18.0 Å². The molecule has 0 unspecified atom stereocenters. The van der Waals surface area contributed by atoms with E-state index in [-0.39, 0.29) is 0 Å². The third-order valence-corrected chi connectivity index (χ3v) is 5.45. The van der Waals surface area contributed by atoms with Crippen molar-refractivity contribution in [3.63, 3.8) is 0 Å². The van der Waals surface area contributed by atoms with E-state index in [9.17, 15) is 0 Å². The van der Waals surface area contributed by atoms with Crippen LogP contribution < -0.4 is 18.7 Å². The van der Waals surface area contributed by atoms with Gasteiger partial charge in [0.25, 0.3) is 0 Å². The first-order valence-corrected chi connectivity index (χ1v) is 11.6. The van der Waals surface area contributed by atoms with E-state index in [1.807, 2.05) is 48.5 Å². The van der Waals surface area contributed by atoms with E-state index in [0.29, 0.717) is 40.5 Å². The van der Waals surface area contributed by atoms with Gasteiger partial charge in [0.05, 0.1) is 20.3 Å². The Bertz CT molecular complexity index is 1140. The van der Waals surface area contributed by atoms with Crippen molar-refractivity contribution in [2.45, 2.75) is 13.2 Å². The zero-order valence-corrected chi connectivity index (χ0v) is 20.5. The molecule has 4 aromatic rings. The van der Waals surface area contributed by atoms with Crippen LogP contribution in [0, 0.1) is 0 Å². The standard InChI is InChI=1S/C27H23BCl2O5/c1-31-24-10-2-20(3-11-24)18-32-19-21-4-12-25(13-5-21)33-28(34-26-14-6-22(29)7-15-26)35-27-16-8-23(30)9-17-27/h2-17H,18-19H2,1H3. The molecule has 35 heavy (non-hydrogen) atoms. The molecule has 0 aliphatic heterocycles. The molecule has 0 saturated carbocycles. The summed E-state index contributed by atoms with van der Waals surface area (Å²) in [5.41, 5.74) is 2.09. The van der Waals surface area contributed by atoms with E-state index in [4.69, 9.17) is 46.6 Å². The fourth-order valence-corrected chi connectivity index (χ4v) is 3.36. The Morgan fingerprint density at radius 2 is 0.857 bits per heavy atom. The molecule has 8 heteroatoms. The van der Waals surface area contributed by atoms with Crippen molar-refractivity contribution in [2.75, 3.05) is 7.11 Å². The predicted octanol–water partition coefficient (Wildman–Crippen LogP) is 7.24. The van der Waals surface area contributed by atoms with E-state index in [0.717, 1.165) is 16.9 Å². The van der Waals surface area contributed by atoms with Crippen molar-refractivity contribution in [1.29, 1.82) is 0 Å². The fraction of sp³-hybridized carbons (Fsp3) is 0.111. The van der Waals surface area contributed by atoms with Gasteiger partial charge < -0.3 is 23.4 Å². The van der Waals surface area contributed by atoms with Crippen LogP contribution in [0.3, 0.4) is 0 Å². The molecule has 0 bridgehead atoms. The maximum atomic E-state index is 5.97. The minimum Gasteiger partial charge on any atom is -0.497 e. The molecule has 0 aliphatic rings. The zero-order chi connectivity index (χ0) is 24.5. The first kappa shape index (κ1) is 24.8.